The Balaban J connectivity index is 1.95. The third-order valence-corrected chi connectivity index (χ3v) is 5.55. The maximum absolute atomic E-state index is 11.4. The maximum Gasteiger partial charge on any atom is 0.307 e. The van der Waals surface area contributed by atoms with Crippen molar-refractivity contribution < 1.29 is 9.90 Å². The first-order valence-corrected chi connectivity index (χ1v) is 8.14. The monoisotopic (exact) mass is 278 g/mol. The average Bonchev–Trinajstić information content (AvgIpc) is 2.45. The van der Waals surface area contributed by atoms with Crippen molar-refractivity contribution in [3.63, 3.8) is 0 Å². The van der Waals surface area contributed by atoms with Gasteiger partial charge in [-0.25, -0.2) is 0 Å². The van der Waals surface area contributed by atoms with Gasteiger partial charge in [0.2, 0.25) is 0 Å². The van der Waals surface area contributed by atoms with E-state index in [0.717, 1.165) is 25.0 Å². The van der Waals surface area contributed by atoms with Gasteiger partial charge in [-0.2, -0.15) is 11.8 Å². The van der Waals surface area contributed by atoms with E-state index in [9.17, 15) is 9.90 Å². The zero-order chi connectivity index (χ0) is 13.7. The van der Waals surface area contributed by atoms with Crippen molar-refractivity contribution in [1.29, 1.82) is 0 Å². The highest BCUT2D eigenvalue weighted by Gasteiger charge is 2.34. The molecule has 3 heteroatoms. The number of carbonyl (C=O) groups is 1. The first-order chi connectivity index (χ1) is 9.20. The third kappa shape index (κ3) is 4.00. The average molecular weight is 278 g/mol. The van der Waals surface area contributed by atoms with Gasteiger partial charge >= 0.3 is 5.97 Å². The lowest BCUT2D eigenvalue weighted by Gasteiger charge is -2.33. The van der Waals surface area contributed by atoms with Crippen LogP contribution in [0.3, 0.4) is 0 Å². The SMILES string of the molecule is CCC1CCC(C(=O)O)C(SCc2ccccc2)C1. The molecule has 1 saturated carbocycles. The summed E-state index contributed by atoms with van der Waals surface area (Å²) in [4.78, 5) is 11.4. The molecule has 1 aromatic rings. The summed E-state index contributed by atoms with van der Waals surface area (Å²) in [7, 11) is 0. The van der Waals surface area contributed by atoms with Crippen LogP contribution in [0.5, 0.6) is 0 Å². The molecule has 1 N–H and O–H groups in total. The topological polar surface area (TPSA) is 37.3 Å². The highest BCUT2D eigenvalue weighted by molar-refractivity contribution is 7.99. The van der Waals surface area contributed by atoms with Gasteiger partial charge in [-0.3, -0.25) is 4.79 Å². The highest BCUT2D eigenvalue weighted by Crippen LogP contribution is 2.39. The van der Waals surface area contributed by atoms with Crippen LogP contribution in [0.2, 0.25) is 0 Å². The summed E-state index contributed by atoms with van der Waals surface area (Å²) in [6.45, 7) is 2.21. The second-order valence-electron chi connectivity index (χ2n) is 5.37. The fourth-order valence-corrected chi connectivity index (χ4v) is 4.32. The summed E-state index contributed by atoms with van der Waals surface area (Å²) < 4.78 is 0. The second kappa shape index (κ2) is 6.99. The van der Waals surface area contributed by atoms with Crippen molar-refractivity contribution in [3.8, 4) is 0 Å². The van der Waals surface area contributed by atoms with Crippen LogP contribution < -0.4 is 0 Å². The Morgan fingerprint density at radius 1 is 1.32 bits per heavy atom. The van der Waals surface area contributed by atoms with Gasteiger partial charge in [-0.05, 0) is 30.7 Å². The summed E-state index contributed by atoms with van der Waals surface area (Å²) in [5.74, 6) is 0.867. The second-order valence-corrected chi connectivity index (χ2v) is 6.59. The van der Waals surface area contributed by atoms with E-state index in [1.807, 2.05) is 30.0 Å². The normalized spacial score (nSPS) is 27.1. The molecular formula is C16H22O2S. The number of thioether (sulfide) groups is 1. The van der Waals surface area contributed by atoms with Gasteiger partial charge in [0.25, 0.3) is 0 Å². The van der Waals surface area contributed by atoms with Crippen LogP contribution in [-0.4, -0.2) is 16.3 Å². The van der Waals surface area contributed by atoms with Crippen LogP contribution in [0, 0.1) is 11.8 Å². The Morgan fingerprint density at radius 2 is 2.05 bits per heavy atom. The Labute approximate surface area is 119 Å². The molecule has 1 aromatic carbocycles. The molecule has 1 aliphatic rings. The van der Waals surface area contributed by atoms with Gasteiger partial charge in [0.15, 0.2) is 0 Å². The van der Waals surface area contributed by atoms with Gasteiger partial charge in [-0.1, -0.05) is 43.7 Å². The summed E-state index contributed by atoms with van der Waals surface area (Å²) in [6, 6.07) is 10.3. The van der Waals surface area contributed by atoms with Crippen LogP contribution in [0.25, 0.3) is 0 Å². The molecule has 0 saturated heterocycles. The van der Waals surface area contributed by atoms with E-state index in [4.69, 9.17) is 0 Å². The van der Waals surface area contributed by atoms with Gasteiger partial charge in [0, 0.05) is 11.0 Å². The number of carboxylic acids is 1. The number of rotatable bonds is 5. The summed E-state index contributed by atoms with van der Waals surface area (Å²) >= 11 is 1.83. The molecule has 2 rings (SSSR count). The van der Waals surface area contributed by atoms with E-state index < -0.39 is 5.97 Å². The maximum atomic E-state index is 11.4. The van der Waals surface area contributed by atoms with E-state index in [2.05, 4.69) is 19.1 Å². The number of aliphatic carboxylic acids is 1. The molecule has 104 valence electrons. The number of hydrogen-bond donors (Lipinski definition) is 1. The first-order valence-electron chi connectivity index (χ1n) is 7.09. The zero-order valence-corrected chi connectivity index (χ0v) is 12.2. The zero-order valence-electron chi connectivity index (χ0n) is 11.4. The number of hydrogen-bond acceptors (Lipinski definition) is 2. The number of carboxylic acid groups (broad SMARTS) is 1. The van der Waals surface area contributed by atoms with Gasteiger partial charge in [0.1, 0.15) is 0 Å². The van der Waals surface area contributed by atoms with Crippen LogP contribution in [0.4, 0.5) is 0 Å². The quantitative estimate of drug-likeness (QED) is 0.877. The van der Waals surface area contributed by atoms with E-state index >= 15 is 0 Å². The molecule has 0 spiro atoms. The predicted octanol–water partition coefficient (Wildman–Crippen LogP) is 4.20. The Kier molecular flexibility index (Phi) is 5.32. The predicted molar refractivity (Wildman–Crippen MR) is 80.3 cm³/mol. The highest BCUT2D eigenvalue weighted by atomic mass is 32.2. The van der Waals surface area contributed by atoms with Crippen LogP contribution in [0.15, 0.2) is 30.3 Å². The number of benzene rings is 1. The van der Waals surface area contributed by atoms with Crippen LogP contribution in [0.1, 0.15) is 38.2 Å². The molecule has 0 radical (unpaired) electrons. The molecule has 2 nitrogen and oxygen atoms in total. The molecule has 0 aromatic heterocycles. The standard InChI is InChI=1S/C16H22O2S/c1-2-12-8-9-14(16(17)18)15(10-12)19-11-13-6-4-3-5-7-13/h3-7,12,14-15H,2,8-11H2,1H3,(H,17,18). The van der Waals surface area contributed by atoms with E-state index in [-0.39, 0.29) is 11.2 Å². The summed E-state index contributed by atoms with van der Waals surface area (Å²) in [5, 5.41) is 9.63. The lowest BCUT2D eigenvalue weighted by Crippen LogP contribution is -2.32. The smallest absolute Gasteiger partial charge is 0.307 e. The lowest BCUT2D eigenvalue weighted by molar-refractivity contribution is -0.142. The fraction of sp³-hybridized carbons (Fsp3) is 0.562. The van der Waals surface area contributed by atoms with E-state index in [1.54, 1.807) is 0 Å². The molecule has 3 atom stereocenters. The molecule has 1 fully saturated rings. The molecular weight excluding hydrogens is 256 g/mol. The minimum Gasteiger partial charge on any atom is -0.481 e. The minimum absolute atomic E-state index is 0.156. The minimum atomic E-state index is -0.611. The molecule has 0 aliphatic heterocycles. The van der Waals surface area contributed by atoms with E-state index in [1.165, 1.54) is 12.0 Å². The van der Waals surface area contributed by atoms with Gasteiger partial charge in [-0.15, -0.1) is 0 Å². The van der Waals surface area contributed by atoms with Crippen molar-refractivity contribution in [2.45, 2.75) is 43.6 Å². The van der Waals surface area contributed by atoms with Crippen molar-refractivity contribution in [3.05, 3.63) is 35.9 Å². The Bertz CT molecular complexity index is 404. The van der Waals surface area contributed by atoms with E-state index in [0.29, 0.717) is 5.92 Å². The summed E-state index contributed by atoms with van der Waals surface area (Å²) in [5.41, 5.74) is 1.29. The van der Waals surface area contributed by atoms with Gasteiger partial charge < -0.3 is 5.11 Å². The fourth-order valence-electron chi connectivity index (χ4n) is 2.83. The summed E-state index contributed by atoms with van der Waals surface area (Å²) in [6.07, 6.45) is 4.16. The molecule has 3 unspecified atom stereocenters. The van der Waals surface area contributed by atoms with Crippen LogP contribution >= 0.6 is 11.8 Å². The molecule has 0 heterocycles. The Morgan fingerprint density at radius 3 is 2.68 bits per heavy atom. The Hall–Kier alpha value is -0.960. The van der Waals surface area contributed by atoms with Crippen molar-refractivity contribution >= 4 is 17.7 Å². The van der Waals surface area contributed by atoms with Crippen molar-refractivity contribution in [2.75, 3.05) is 0 Å². The third-order valence-electron chi connectivity index (χ3n) is 4.10. The first kappa shape index (κ1) is 14.4. The molecule has 1 aliphatic carbocycles. The molecule has 0 bridgehead atoms. The molecule has 0 amide bonds. The largest absolute Gasteiger partial charge is 0.481 e. The van der Waals surface area contributed by atoms with Crippen LogP contribution in [-0.2, 0) is 10.5 Å². The van der Waals surface area contributed by atoms with Crippen molar-refractivity contribution in [2.24, 2.45) is 11.8 Å². The van der Waals surface area contributed by atoms with Gasteiger partial charge in [0.05, 0.1) is 5.92 Å². The van der Waals surface area contributed by atoms with Crippen molar-refractivity contribution in [1.82, 2.24) is 0 Å². The lowest BCUT2D eigenvalue weighted by atomic mass is 9.80. The molecule has 19 heavy (non-hydrogen) atoms.